The quantitative estimate of drug-likeness (QED) is 0.852. The van der Waals surface area contributed by atoms with Crippen LogP contribution >= 0.6 is 0 Å². The standard InChI is InChI=1S/C16H23N3/c1-16(2,3)15-18-13-10-12(17)6-7-14(13)19(15)9-8-11-4-5-11/h6-7,10-11H,4-5,8-9,17H2,1-3H3. The van der Waals surface area contributed by atoms with E-state index in [2.05, 4.69) is 31.4 Å². The third-order valence-electron chi connectivity index (χ3n) is 3.90. The molecule has 0 aliphatic heterocycles. The van der Waals surface area contributed by atoms with Gasteiger partial charge in [0.05, 0.1) is 11.0 Å². The largest absolute Gasteiger partial charge is 0.399 e. The van der Waals surface area contributed by atoms with Crippen LogP contribution in [0.3, 0.4) is 0 Å². The Bertz CT molecular complexity index is 600. The van der Waals surface area contributed by atoms with Crippen molar-refractivity contribution in [2.75, 3.05) is 5.73 Å². The van der Waals surface area contributed by atoms with Gasteiger partial charge in [0, 0.05) is 17.6 Å². The van der Waals surface area contributed by atoms with Gasteiger partial charge in [-0.05, 0) is 30.5 Å². The summed E-state index contributed by atoms with van der Waals surface area (Å²) >= 11 is 0. The van der Waals surface area contributed by atoms with Crippen LogP contribution in [0.25, 0.3) is 11.0 Å². The van der Waals surface area contributed by atoms with Gasteiger partial charge in [-0.15, -0.1) is 0 Å². The second kappa shape index (κ2) is 4.26. The van der Waals surface area contributed by atoms with Crippen molar-refractivity contribution in [1.82, 2.24) is 9.55 Å². The minimum Gasteiger partial charge on any atom is -0.399 e. The maximum absolute atomic E-state index is 5.88. The van der Waals surface area contributed by atoms with Crippen LogP contribution in [0.1, 0.15) is 45.9 Å². The number of nitrogens with zero attached hydrogens (tertiary/aromatic N) is 2. The second-order valence-electron chi connectivity index (χ2n) is 6.82. The van der Waals surface area contributed by atoms with E-state index in [4.69, 9.17) is 10.7 Å². The third-order valence-corrected chi connectivity index (χ3v) is 3.90. The molecule has 2 aromatic rings. The van der Waals surface area contributed by atoms with Gasteiger partial charge in [0.25, 0.3) is 0 Å². The van der Waals surface area contributed by atoms with E-state index in [9.17, 15) is 0 Å². The number of imidazole rings is 1. The number of fused-ring (bicyclic) bond motifs is 1. The average Bonchev–Trinajstić information content (AvgIpc) is 3.06. The van der Waals surface area contributed by atoms with Crippen LogP contribution in [-0.2, 0) is 12.0 Å². The Labute approximate surface area is 114 Å². The van der Waals surface area contributed by atoms with E-state index < -0.39 is 0 Å². The molecule has 1 fully saturated rings. The minimum atomic E-state index is 0.0668. The number of anilines is 1. The average molecular weight is 257 g/mol. The Balaban J connectivity index is 2.07. The fraction of sp³-hybridized carbons (Fsp3) is 0.562. The zero-order valence-corrected chi connectivity index (χ0v) is 12.1. The van der Waals surface area contributed by atoms with Crippen molar-refractivity contribution < 1.29 is 0 Å². The summed E-state index contributed by atoms with van der Waals surface area (Å²) in [7, 11) is 0. The molecule has 0 bridgehead atoms. The van der Waals surface area contributed by atoms with Crippen LogP contribution < -0.4 is 5.73 Å². The van der Waals surface area contributed by atoms with Crippen molar-refractivity contribution in [2.45, 2.75) is 52.0 Å². The predicted octanol–water partition coefficient (Wildman–Crippen LogP) is 3.72. The molecule has 3 heteroatoms. The minimum absolute atomic E-state index is 0.0668. The van der Waals surface area contributed by atoms with Crippen molar-refractivity contribution in [3.63, 3.8) is 0 Å². The van der Waals surface area contributed by atoms with Gasteiger partial charge in [-0.25, -0.2) is 4.98 Å². The number of hydrogen-bond donors (Lipinski definition) is 1. The smallest absolute Gasteiger partial charge is 0.115 e. The maximum Gasteiger partial charge on any atom is 0.115 e. The molecule has 1 aromatic carbocycles. The highest BCUT2D eigenvalue weighted by Crippen LogP contribution is 2.34. The zero-order chi connectivity index (χ0) is 13.6. The lowest BCUT2D eigenvalue weighted by molar-refractivity contribution is 0.488. The summed E-state index contributed by atoms with van der Waals surface area (Å²) in [6.45, 7) is 7.76. The van der Waals surface area contributed by atoms with E-state index in [1.165, 1.54) is 30.6 Å². The molecule has 0 saturated heterocycles. The molecule has 1 saturated carbocycles. The fourth-order valence-corrected chi connectivity index (χ4v) is 2.66. The molecule has 0 unspecified atom stereocenters. The third kappa shape index (κ3) is 2.46. The predicted molar refractivity (Wildman–Crippen MR) is 80.2 cm³/mol. The maximum atomic E-state index is 5.88. The zero-order valence-electron chi connectivity index (χ0n) is 12.1. The number of nitrogens with two attached hydrogens (primary N) is 1. The van der Waals surface area contributed by atoms with Gasteiger partial charge in [0.1, 0.15) is 5.82 Å². The van der Waals surface area contributed by atoms with Gasteiger partial charge < -0.3 is 10.3 Å². The van der Waals surface area contributed by atoms with Crippen LogP contribution in [0.4, 0.5) is 5.69 Å². The second-order valence-corrected chi connectivity index (χ2v) is 6.82. The van der Waals surface area contributed by atoms with Crippen molar-refractivity contribution in [3.05, 3.63) is 24.0 Å². The molecule has 0 spiro atoms. The molecule has 19 heavy (non-hydrogen) atoms. The summed E-state index contributed by atoms with van der Waals surface area (Å²) in [6.07, 6.45) is 4.09. The van der Waals surface area contributed by atoms with E-state index >= 15 is 0 Å². The topological polar surface area (TPSA) is 43.8 Å². The lowest BCUT2D eigenvalue weighted by Gasteiger charge is -2.20. The SMILES string of the molecule is CC(C)(C)c1nc2cc(N)ccc2n1CCC1CC1. The summed E-state index contributed by atoms with van der Waals surface area (Å²) in [5.41, 5.74) is 8.98. The first kappa shape index (κ1) is 12.5. The molecular weight excluding hydrogens is 234 g/mol. The number of aryl methyl sites for hydroxylation is 1. The molecule has 102 valence electrons. The van der Waals surface area contributed by atoms with Gasteiger partial charge in [-0.1, -0.05) is 33.6 Å². The fourth-order valence-electron chi connectivity index (χ4n) is 2.66. The highest BCUT2D eigenvalue weighted by atomic mass is 15.1. The molecule has 1 aromatic heterocycles. The summed E-state index contributed by atoms with van der Waals surface area (Å²) in [5, 5.41) is 0. The number of hydrogen-bond acceptors (Lipinski definition) is 2. The Morgan fingerprint density at radius 1 is 1.32 bits per heavy atom. The number of rotatable bonds is 3. The number of aromatic nitrogens is 2. The molecule has 3 rings (SSSR count). The summed E-state index contributed by atoms with van der Waals surface area (Å²) in [5.74, 6) is 2.12. The number of benzene rings is 1. The van der Waals surface area contributed by atoms with Crippen molar-refractivity contribution in [3.8, 4) is 0 Å². The van der Waals surface area contributed by atoms with Crippen LogP contribution in [0.2, 0.25) is 0 Å². The molecule has 1 aliphatic carbocycles. The van der Waals surface area contributed by atoms with E-state index in [1.54, 1.807) is 0 Å². The lowest BCUT2D eigenvalue weighted by Crippen LogP contribution is -2.19. The molecule has 1 heterocycles. The van der Waals surface area contributed by atoms with Gasteiger partial charge in [0.15, 0.2) is 0 Å². The van der Waals surface area contributed by atoms with Gasteiger partial charge in [0.2, 0.25) is 0 Å². The first-order chi connectivity index (χ1) is 8.95. The summed E-state index contributed by atoms with van der Waals surface area (Å²) in [6, 6.07) is 6.07. The first-order valence-electron chi connectivity index (χ1n) is 7.21. The molecule has 0 atom stereocenters. The first-order valence-corrected chi connectivity index (χ1v) is 7.21. The highest BCUT2D eigenvalue weighted by Gasteiger charge is 2.25. The van der Waals surface area contributed by atoms with E-state index in [-0.39, 0.29) is 5.41 Å². The normalized spacial score (nSPS) is 16.2. The Morgan fingerprint density at radius 2 is 2.05 bits per heavy atom. The van der Waals surface area contributed by atoms with E-state index in [0.29, 0.717) is 0 Å². The number of nitrogen functional groups attached to an aromatic ring is 1. The molecule has 1 aliphatic rings. The monoisotopic (exact) mass is 257 g/mol. The molecule has 3 nitrogen and oxygen atoms in total. The molecular formula is C16H23N3. The van der Waals surface area contributed by atoms with Crippen LogP contribution in [0.15, 0.2) is 18.2 Å². The summed E-state index contributed by atoms with van der Waals surface area (Å²) < 4.78 is 2.40. The van der Waals surface area contributed by atoms with E-state index in [0.717, 1.165) is 23.7 Å². The van der Waals surface area contributed by atoms with Crippen LogP contribution in [0.5, 0.6) is 0 Å². The van der Waals surface area contributed by atoms with Gasteiger partial charge >= 0.3 is 0 Å². The van der Waals surface area contributed by atoms with Crippen molar-refractivity contribution in [2.24, 2.45) is 5.92 Å². The molecule has 2 N–H and O–H groups in total. The summed E-state index contributed by atoms with van der Waals surface area (Å²) in [4.78, 5) is 4.83. The molecule has 0 radical (unpaired) electrons. The van der Waals surface area contributed by atoms with Gasteiger partial charge in [-0.2, -0.15) is 0 Å². The van der Waals surface area contributed by atoms with Crippen LogP contribution in [0, 0.1) is 5.92 Å². The Morgan fingerprint density at radius 3 is 2.68 bits per heavy atom. The van der Waals surface area contributed by atoms with Crippen molar-refractivity contribution >= 4 is 16.7 Å². The van der Waals surface area contributed by atoms with Crippen LogP contribution in [-0.4, -0.2) is 9.55 Å². The Kier molecular flexibility index (Phi) is 2.80. The molecule has 0 amide bonds. The lowest BCUT2D eigenvalue weighted by atomic mass is 9.95. The van der Waals surface area contributed by atoms with Gasteiger partial charge in [-0.3, -0.25) is 0 Å². The Hall–Kier alpha value is -1.51. The van der Waals surface area contributed by atoms with Crippen molar-refractivity contribution in [1.29, 1.82) is 0 Å². The highest BCUT2D eigenvalue weighted by molar-refractivity contribution is 5.79. The van der Waals surface area contributed by atoms with E-state index in [1.807, 2.05) is 12.1 Å².